The highest BCUT2D eigenvalue weighted by atomic mass is 16.6. The number of imide groups is 1. The second kappa shape index (κ2) is 40.6. The summed E-state index contributed by atoms with van der Waals surface area (Å²) >= 11 is 0. The molecule has 0 radical (unpaired) electrons. The minimum absolute atomic E-state index is 0.0170. The van der Waals surface area contributed by atoms with Crippen LogP contribution in [0.15, 0.2) is 30.4 Å². The molecule has 0 saturated heterocycles. The molecule has 1 heterocycles. The van der Waals surface area contributed by atoms with E-state index in [-0.39, 0.29) is 50.5 Å². The number of ether oxygens (including phenoxy) is 12. The number of hydrogen-bond donors (Lipinski definition) is 4. The summed E-state index contributed by atoms with van der Waals surface area (Å²) in [6.07, 6.45) is 2.79. The number of hydrogen-bond acceptors (Lipinski definition) is 18. The van der Waals surface area contributed by atoms with E-state index in [2.05, 4.69) is 16.0 Å². The predicted molar refractivity (Wildman–Crippen MR) is 238 cm³/mol. The third kappa shape index (κ3) is 31.2. The van der Waals surface area contributed by atoms with Crippen molar-refractivity contribution in [2.75, 3.05) is 183 Å². The van der Waals surface area contributed by atoms with Gasteiger partial charge < -0.3 is 77.9 Å². The van der Waals surface area contributed by atoms with Crippen molar-refractivity contribution in [2.45, 2.75) is 19.8 Å². The SMILES string of the molecule is CCc1ccc(N2C(=O)C=CC2=O)cc1C(=O)NCC(=O)NCC(=O)NCCOCCOCCOCCOCCOCCOCCOCCOCCOCCOCCOCCOCCC(=O)O. The summed E-state index contributed by atoms with van der Waals surface area (Å²) in [5.74, 6) is -3.46. The molecule has 380 valence electrons. The number of benzene rings is 1. The standard InChI is InChI=1S/C44H70N4O19/c1-2-36-3-4-37(48-41(51)5-6-42(48)52)33-38(36)44(55)47-35-40(50)46-34-39(49)45-8-10-57-12-14-59-16-18-61-20-22-63-24-26-65-28-30-67-32-31-66-29-27-64-25-23-62-21-19-60-17-15-58-13-11-56-9-7-43(53)54/h3-6,33H,2,7-32,34-35H2,1H3,(H,45,49)(H,46,50)(H,47,55)(H,53,54). The molecule has 1 aliphatic rings. The van der Waals surface area contributed by atoms with Gasteiger partial charge in [-0.1, -0.05) is 13.0 Å². The van der Waals surface area contributed by atoms with Gasteiger partial charge in [0.15, 0.2) is 0 Å². The van der Waals surface area contributed by atoms with Gasteiger partial charge in [0.05, 0.1) is 184 Å². The minimum atomic E-state index is -0.887. The molecule has 0 unspecified atom stereocenters. The van der Waals surface area contributed by atoms with Crippen LogP contribution in [-0.2, 0) is 87.2 Å². The molecule has 1 aromatic rings. The van der Waals surface area contributed by atoms with E-state index in [1.807, 2.05) is 6.92 Å². The Balaban J connectivity index is 1.24. The Morgan fingerprint density at radius 2 is 0.821 bits per heavy atom. The Morgan fingerprint density at radius 3 is 1.19 bits per heavy atom. The maximum Gasteiger partial charge on any atom is 0.305 e. The highest BCUT2D eigenvalue weighted by molar-refractivity contribution is 6.28. The first-order valence-corrected chi connectivity index (χ1v) is 22.4. The molecule has 23 heteroatoms. The topological polar surface area (TPSA) is 273 Å². The van der Waals surface area contributed by atoms with Crippen LogP contribution in [0.5, 0.6) is 0 Å². The lowest BCUT2D eigenvalue weighted by Crippen LogP contribution is -2.42. The molecular weight excluding hydrogens is 888 g/mol. The smallest absolute Gasteiger partial charge is 0.305 e. The lowest BCUT2D eigenvalue weighted by molar-refractivity contribution is -0.138. The lowest BCUT2D eigenvalue weighted by Gasteiger charge is -2.17. The van der Waals surface area contributed by atoms with Crippen molar-refractivity contribution in [3.63, 3.8) is 0 Å². The number of anilines is 1. The first-order chi connectivity index (χ1) is 32.7. The van der Waals surface area contributed by atoms with Crippen molar-refractivity contribution in [1.82, 2.24) is 16.0 Å². The van der Waals surface area contributed by atoms with Crippen molar-refractivity contribution >= 4 is 41.2 Å². The van der Waals surface area contributed by atoms with E-state index in [0.717, 1.165) is 17.1 Å². The zero-order valence-corrected chi connectivity index (χ0v) is 38.6. The molecule has 2 rings (SSSR count). The fraction of sp³-hybridized carbons (Fsp3) is 0.682. The Kier molecular flexibility index (Phi) is 35.5. The normalized spacial score (nSPS) is 12.3. The van der Waals surface area contributed by atoms with Crippen LogP contribution in [0.1, 0.15) is 29.3 Å². The fourth-order valence-electron chi connectivity index (χ4n) is 5.38. The fourth-order valence-corrected chi connectivity index (χ4v) is 5.38. The number of aryl methyl sites for hydroxylation is 1. The summed E-state index contributed by atoms with van der Waals surface area (Å²) in [7, 11) is 0. The monoisotopic (exact) mass is 958 g/mol. The second-order valence-corrected chi connectivity index (χ2v) is 13.8. The number of carboxylic acids is 1. The first-order valence-electron chi connectivity index (χ1n) is 22.4. The van der Waals surface area contributed by atoms with Gasteiger partial charge in [-0.25, -0.2) is 4.90 Å². The molecule has 4 N–H and O–H groups in total. The van der Waals surface area contributed by atoms with Crippen molar-refractivity contribution in [3.8, 4) is 0 Å². The molecular formula is C44H70N4O19. The van der Waals surface area contributed by atoms with Gasteiger partial charge in [0.25, 0.3) is 17.7 Å². The van der Waals surface area contributed by atoms with Crippen LogP contribution in [0.3, 0.4) is 0 Å². The molecule has 23 nitrogen and oxygen atoms in total. The van der Waals surface area contributed by atoms with Crippen LogP contribution in [0.4, 0.5) is 5.69 Å². The number of nitrogens with zero attached hydrogens (tertiary/aromatic N) is 1. The first kappa shape index (κ1) is 58.6. The number of carbonyl (C=O) groups is 6. The van der Waals surface area contributed by atoms with E-state index < -0.39 is 35.5 Å². The molecule has 0 spiro atoms. The van der Waals surface area contributed by atoms with E-state index in [1.165, 1.54) is 6.07 Å². The molecule has 5 amide bonds. The van der Waals surface area contributed by atoms with Gasteiger partial charge in [-0.05, 0) is 24.1 Å². The zero-order valence-electron chi connectivity index (χ0n) is 38.6. The van der Waals surface area contributed by atoms with Crippen LogP contribution in [-0.4, -0.2) is 219 Å². The number of carbonyl (C=O) groups excluding carboxylic acids is 5. The van der Waals surface area contributed by atoms with Crippen LogP contribution in [0.2, 0.25) is 0 Å². The third-order valence-electron chi connectivity index (χ3n) is 8.76. The van der Waals surface area contributed by atoms with Gasteiger partial charge in [0, 0.05) is 24.3 Å². The molecule has 0 bridgehead atoms. The maximum absolute atomic E-state index is 12.8. The van der Waals surface area contributed by atoms with Crippen LogP contribution in [0.25, 0.3) is 0 Å². The Morgan fingerprint density at radius 1 is 0.478 bits per heavy atom. The third-order valence-corrected chi connectivity index (χ3v) is 8.76. The van der Waals surface area contributed by atoms with Gasteiger partial charge in [-0.2, -0.15) is 0 Å². The van der Waals surface area contributed by atoms with Crippen molar-refractivity contribution in [3.05, 3.63) is 41.5 Å². The highest BCUT2D eigenvalue weighted by Gasteiger charge is 2.26. The Labute approximate surface area is 391 Å². The lowest BCUT2D eigenvalue weighted by atomic mass is 10.0. The molecule has 0 aliphatic carbocycles. The number of aliphatic carboxylic acids is 1. The van der Waals surface area contributed by atoms with Gasteiger partial charge >= 0.3 is 5.97 Å². The van der Waals surface area contributed by atoms with Crippen LogP contribution in [0, 0.1) is 0 Å². The molecule has 1 aliphatic heterocycles. The number of nitrogens with one attached hydrogen (secondary N) is 3. The summed E-state index contributed by atoms with van der Waals surface area (Å²) in [4.78, 5) is 72.6. The van der Waals surface area contributed by atoms with Crippen molar-refractivity contribution < 1.29 is 90.7 Å². The van der Waals surface area contributed by atoms with Crippen molar-refractivity contribution in [1.29, 1.82) is 0 Å². The zero-order chi connectivity index (χ0) is 48.4. The van der Waals surface area contributed by atoms with Crippen LogP contribution < -0.4 is 20.9 Å². The van der Waals surface area contributed by atoms with E-state index in [0.29, 0.717) is 157 Å². The molecule has 0 aromatic heterocycles. The Hall–Kier alpha value is -4.50. The highest BCUT2D eigenvalue weighted by Crippen LogP contribution is 2.23. The average Bonchev–Trinajstić information content (AvgIpc) is 3.66. The molecule has 0 atom stereocenters. The predicted octanol–water partition coefficient (Wildman–Crippen LogP) is -0.685. The molecule has 0 saturated carbocycles. The maximum atomic E-state index is 12.8. The summed E-state index contributed by atoms with van der Waals surface area (Å²) < 4.78 is 65.0. The molecule has 67 heavy (non-hydrogen) atoms. The van der Waals surface area contributed by atoms with E-state index in [9.17, 15) is 28.8 Å². The van der Waals surface area contributed by atoms with Gasteiger partial charge in [0.1, 0.15) is 0 Å². The number of rotatable bonds is 46. The minimum Gasteiger partial charge on any atom is -0.481 e. The summed E-state index contributed by atoms with van der Waals surface area (Å²) in [6.45, 7) is 11.2. The van der Waals surface area contributed by atoms with E-state index in [4.69, 9.17) is 61.9 Å². The van der Waals surface area contributed by atoms with Crippen LogP contribution >= 0.6 is 0 Å². The summed E-state index contributed by atoms with van der Waals surface area (Å²) in [5.41, 5.74) is 1.15. The van der Waals surface area contributed by atoms with Gasteiger partial charge in [-0.15, -0.1) is 0 Å². The summed E-state index contributed by atoms with van der Waals surface area (Å²) in [6, 6.07) is 4.67. The number of amides is 5. The molecule has 0 fully saturated rings. The molecule has 1 aromatic carbocycles. The van der Waals surface area contributed by atoms with Gasteiger partial charge in [0.2, 0.25) is 11.8 Å². The Bertz CT molecular complexity index is 1550. The summed E-state index contributed by atoms with van der Waals surface area (Å²) in [5, 5.41) is 16.1. The van der Waals surface area contributed by atoms with Gasteiger partial charge in [-0.3, -0.25) is 28.8 Å². The van der Waals surface area contributed by atoms with Crippen molar-refractivity contribution in [2.24, 2.45) is 0 Å². The quantitative estimate of drug-likeness (QED) is 0.0465. The van der Waals surface area contributed by atoms with E-state index in [1.54, 1.807) is 12.1 Å². The van der Waals surface area contributed by atoms with E-state index >= 15 is 0 Å². The number of carboxylic acid groups (broad SMARTS) is 1. The average molecular weight is 959 g/mol. The largest absolute Gasteiger partial charge is 0.481 e. The second-order valence-electron chi connectivity index (χ2n) is 13.8.